The molecule has 1 fully saturated rings. The van der Waals surface area contributed by atoms with Crippen LogP contribution < -0.4 is 5.32 Å². The summed E-state index contributed by atoms with van der Waals surface area (Å²) in [5.74, 6) is 1.49. The van der Waals surface area contributed by atoms with Crippen LogP contribution in [0.2, 0.25) is 0 Å². The number of furan rings is 1. The topological polar surface area (TPSA) is 62.6 Å². The SMILES string of the molecule is CC(C)NCc1ccc(S(=O)(=O)N2CCSC(C)C2)o1. The van der Waals surface area contributed by atoms with Gasteiger partial charge in [-0.1, -0.05) is 20.8 Å². The largest absolute Gasteiger partial charge is 0.447 e. The molecule has 0 aliphatic carbocycles. The first-order chi connectivity index (χ1) is 9.39. The van der Waals surface area contributed by atoms with E-state index in [0.29, 0.717) is 36.7 Å². The van der Waals surface area contributed by atoms with Gasteiger partial charge < -0.3 is 9.73 Å². The van der Waals surface area contributed by atoms with Gasteiger partial charge in [-0.25, -0.2) is 8.42 Å². The lowest BCUT2D eigenvalue weighted by atomic mass is 10.3. The maximum atomic E-state index is 12.5. The highest BCUT2D eigenvalue weighted by Crippen LogP contribution is 2.25. The summed E-state index contributed by atoms with van der Waals surface area (Å²) in [6, 6.07) is 3.61. The molecular weight excluding hydrogens is 296 g/mol. The maximum absolute atomic E-state index is 12.5. The van der Waals surface area contributed by atoms with E-state index in [1.807, 2.05) is 20.8 Å². The first-order valence-electron chi connectivity index (χ1n) is 6.83. The molecule has 114 valence electrons. The van der Waals surface area contributed by atoms with Crippen LogP contribution in [-0.4, -0.2) is 42.9 Å². The van der Waals surface area contributed by atoms with Gasteiger partial charge in [0.1, 0.15) is 5.76 Å². The molecule has 1 aliphatic heterocycles. The number of hydrogen-bond acceptors (Lipinski definition) is 5. The van der Waals surface area contributed by atoms with E-state index in [-0.39, 0.29) is 5.09 Å². The zero-order chi connectivity index (χ0) is 14.8. The molecule has 0 aromatic carbocycles. The molecule has 2 rings (SSSR count). The lowest BCUT2D eigenvalue weighted by Crippen LogP contribution is -2.40. The molecule has 0 saturated carbocycles. The summed E-state index contributed by atoms with van der Waals surface area (Å²) >= 11 is 1.80. The first kappa shape index (κ1) is 15.9. The molecule has 2 heterocycles. The van der Waals surface area contributed by atoms with Gasteiger partial charge in [0.2, 0.25) is 5.09 Å². The van der Waals surface area contributed by atoms with Crippen molar-refractivity contribution in [1.29, 1.82) is 0 Å². The minimum atomic E-state index is -3.49. The number of thioether (sulfide) groups is 1. The highest BCUT2D eigenvalue weighted by molar-refractivity contribution is 8.00. The van der Waals surface area contributed by atoms with Gasteiger partial charge in [-0.3, -0.25) is 0 Å². The average molecular weight is 318 g/mol. The molecule has 1 aliphatic rings. The number of sulfonamides is 1. The van der Waals surface area contributed by atoms with Gasteiger partial charge in [-0.05, 0) is 12.1 Å². The van der Waals surface area contributed by atoms with Crippen LogP contribution in [0.4, 0.5) is 0 Å². The summed E-state index contributed by atoms with van der Waals surface area (Å²) in [4.78, 5) is 0. The molecule has 1 atom stereocenters. The van der Waals surface area contributed by atoms with E-state index in [4.69, 9.17) is 4.42 Å². The second-order valence-electron chi connectivity index (χ2n) is 5.30. The highest BCUT2D eigenvalue weighted by Gasteiger charge is 2.31. The van der Waals surface area contributed by atoms with Gasteiger partial charge in [-0.15, -0.1) is 0 Å². The summed E-state index contributed by atoms with van der Waals surface area (Å²) in [5.41, 5.74) is 0. The van der Waals surface area contributed by atoms with E-state index in [1.165, 1.54) is 4.31 Å². The Labute approximate surface area is 125 Å². The Balaban J connectivity index is 2.09. The molecule has 1 unspecified atom stereocenters. The zero-order valence-electron chi connectivity index (χ0n) is 12.1. The van der Waals surface area contributed by atoms with E-state index >= 15 is 0 Å². The van der Waals surface area contributed by atoms with Gasteiger partial charge in [-0.2, -0.15) is 16.1 Å². The van der Waals surface area contributed by atoms with Crippen molar-refractivity contribution in [2.75, 3.05) is 18.8 Å². The summed E-state index contributed by atoms with van der Waals surface area (Å²) in [6.45, 7) is 7.76. The maximum Gasteiger partial charge on any atom is 0.276 e. The normalized spacial score (nSPS) is 21.5. The molecule has 1 aromatic heterocycles. The van der Waals surface area contributed by atoms with Crippen LogP contribution in [0.15, 0.2) is 21.6 Å². The lowest BCUT2D eigenvalue weighted by Gasteiger charge is -2.28. The summed E-state index contributed by atoms with van der Waals surface area (Å²) in [6.07, 6.45) is 0. The van der Waals surface area contributed by atoms with Crippen LogP contribution in [0.1, 0.15) is 26.5 Å². The van der Waals surface area contributed by atoms with Gasteiger partial charge >= 0.3 is 0 Å². The van der Waals surface area contributed by atoms with Crippen LogP contribution in [0.5, 0.6) is 0 Å². The van der Waals surface area contributed by atoms with Crippen LogP contribution >= 0.6 is 11.8 Å². The Morgan fingerprint density at radius 2 is 2.25 bits per heavy atom. The summed E-state index contributed by atoms with van der Waals surface area (Å²) < 4.78 is 32.0. The molecule has 0 spiro atoms. The van der Waals surface area contributed by atoms with Crippen molar-refractivity contribution in [3.05, 3.63) is 17.9 Å². The molecule has 0 bridgehead atoms. The van der Waals surface area contributed by atoms with Crippen LogP contribution in [-0.2, 0) is 16.6 Å². The fraction of sp³-hybridized carbons (Fsp3) is 0.692. The lowest BCUT2D eigenvalue weighted by molar-refractivity contribution is 0.364. The van der Waals surface area contributed by atoms with Crippen LogP contribution in [0.25, 0.3) is 0 Å². The van der Waals surface area contributed by atoms with E-state index in [2.05, 4.69) is 5.32 Å². The van der Waals surface area contributed by atoms with E-state index in [0.717, 1.165) is 5.75 Å². The predicted octanol–water partition coefficient (Wildman–Crippen LogP) is 1.90. The van der Waals surface area contributed by atoms with Gasteiger partial charge in [0, 0.05) is 30.1 Å². The fourth-order valence-corrected chi connectivity index (χ4v) is 4.71. The first-order valence-corrected chi connectivity index (χ1v) is 9.32. The number of hydrogen-bond donors (Lipinski definition) is 1. The molecule has 0 radical (unpaired) electrons. The van der Waals surface area contributed by atoms with Crippen molar-refractivity contribution < 1.29 is 12.8 Å². The molecular formula is C13H22N2O3S2. The van der Waals surface area contributed by atoms with Crippen molar-refractivity contribution >= 4 is 21.8 Å². The van der Waals surface area contributed by atoms with Crippen molar-refractivity contribution in [2.45, 2.75) is 43.7 Å². The molecule has 1 N–H and O–H groups in total. The second-order valence-corrected chi connectivity index (χ2v) is 8.72. The second kappa shape index (κ2) is 6.51. The average Bonchev–Trinajstić information content (AvgIpc) is 2.86. The summed E-state index contributed by atoms with van der Waals surface area (Å²) in [5, 5.41) is 3.59. The Bertz CT molecular complexity index is 540. The van der Waals surface area contributed by atoms with Crippen LogP contribution in [0, 0.1) is 0 Å². The monoisotopic (exact) mass is 318 g/mol. The Morgan fingerprint density at radius 3 is 2.90 bits per heavy atom. The zero-order valence-corrected chi connectivity index (χ0v) is 13.8. The third-order valence-corrected chi connectivity index (χ3v) is 6.00. The number of rotatable bonds is 5. The van der Waals surface area contributed by atoms with Crippen molar-refractivity contribution in [3.8, 4) is 0 Å². The smallest absolute Gasteiger partial charge is 0.276 e. The molecule has 1 aromatic rings. The van der Waals surface area contributed by atoms with Crippen molar-refractivity contribution in [2.24, 2.45) is 0 Å². The Hall–Kier alpha value is -0.500. The van der Waals surface area contributed by atoms with Gasteiger partial charge in [0.05, 0.1) is 6.54 Å². The fourth-order valence-electron chi connectivity index (χ4n) is 2.03. The third kappa shape index (κ3) is 3.78. The Kier molecular flexibility index (Phi) is 5.17. The molecule has 20 heavy (non-hydrogen) atoms. The minimum absolute atomic E-state index is 0.0529. The predicted molar refractivity (Wildman–Crippen MR) is 81.4 cm³/mol. The standard InChI is InChI=1S/C13H22N2O3S2/c1-10(2)14-8-12-4-5-13(18-12)20(16,17)15-6-7-19-11(3)9-15/h4-5,10-11,14H,6-9H2,1-3H3. The highest BCUT2D eigenvalue weighted by atomic mass is 32.2. The molecule has 5 nitrogen and oxygen atoms in total. The Morgan fingerprint density at radius 1 is 1.50 bits per heavy atom. The number of nitrogens with one attached hydrogen (secondary N) is 1. The summed E-state index contributed by atoms with van der Waals surface area (Å²) in [7, 11) is -3.49. The number of nitrogens with zero attached hydrogens (tertiary/aromatic N) is 1. The molecule has 7 heteroatoms. The molecule has 1 saturated heterocycles. The van der Waals surface area contributed by atoms with Crippen molar-refractivity contribution in [1.82, 2.24) is 9.62 Å². The quantitative estimate of drug-likeness (QED) is 0.898. The minimum Gasteiger partial charge on any atom is -0.447 e. The molecule has 0 amide bonds. The van der Waals surface area contributed by atoms with E-state index < -0.39 is 10.0 Å². The van der Waals surface area contributed by atoms with E-state index in [9.17, 15) is 8.42 Å². The van der Waals surface area contributed by atoms with Gasteiger partial charge in [0.15, 0.2) is 0 Å². The van der Waals surface area contributed by atoms with Crippen LogP contribution in [0.3, 0.4) is 0 Å². The van der Waals surface area contributed by atoms with Gasteiger partial charge in [0.25, 0.3) is 10.0 Å². The third-order valence-electron chi connectivity index (χ3n) is 3.12. The van der Waals surface area contributed by atoms with E-state index in [1.54, 1.807) is 23.9 Å². The van der Waals surface area contributed by atoms with Crippen molar-refractivity contribution in [3.63, 3.8) is 0 Å².